The molecule has 160 valence electrons. The van der Waals surface area contributed by atoms with Crippen LogP contribution in [0.15, 0.2) is 29.3 Å². The number of carbonyl (C=O) groups excluding carboxylic acids is 1. The monoisotopic (exact) mass is 526 g/mol. The largest absolute Gasteiger partial charge is 0.492 e. The number of halogens is 2. The van der Waals surface area contributed by atoms with Gasteiger partial charge in [0, 0.05) is 45.9 Å². The fourth-order valence-electron chi connectivity index (χ4n) is 2.08. The summed E-state index contributed by atoms with van der Waals surface area (Å²) < 4.78 is 11.1. The molecule has 7 nitrogen and oxygen atoms in total. The highest BCUT2D eigenvalue weighted by Crippen LogP contribution is 2.16. The molecule has 0 bridgehead atoms. The van der Waals surface area contributed by atoms with Crippen LogP contribution in [0.2, 0.25) is 5.02 Å². The molecule has 1 aromatic carbocycles. The van der Waals surface area contributed by atoms with Gasteiger partial charge in [-0.2, -0.15) is 0 Å². The third-order valence-electron chi connectivity index (χ3n) is 3.67. The standard InChI is InChI=1S/C19H31ClN4O3.HI/c1-5-26-12-7-10-21-19(22-15-18(25)23(2)3)24(4)11-13-27-17-9-6-8-16(20)14-17;/h6,8-9,14H,5,7,10-13,15H2,1-4H3,(H,21,22);1H. The van der Waals surface area contributed by atoms with Crippen molar-refractivity contribution in [3.63, 3.8) is 0 Å². The second kappa shape index (κ2) is 15.6. The Labute approximate surface area is 190 Å². The minimum absolute atomic E-state index is 0. The molecule has 0 aromatic heterocycles. The second-order valence-corrected chi connectivity index (χ2v) is 6.57. The lowest BCUT2D eigenvalue weighted by atomic mass is 10.3. The van der Waals surface area contributed by atoms with Crippen molar-refractivity contribution >= 4 is 47.4 Å². The molecule has 1 N–H and O–H groups in total. The van der Waals surface area contributed by atoms with Gasteiger partial charge in [0.2, 0.25) is 5.91 Å². The van der Waals surface area contributed by atoms with Crippen LogP contribution in [0.1, 0.15) is 13.3 Å². The lowest BCUT2D eigenvalue weighted by Gasteiger charge is -2.23. The van der Waals surface area contributed by atoms with Gasteiger partial charge in [-0.1, -0.05) is 17.7 Å². The summed E-state index contributed by atoms with van der Waals surface area (Å²) in [7, 11) is 5.35. The first-order valence-corrected chi connectivity index (χ1v) is 9.47. The summed E-state index contributed by atoms with van der Waals surface area (Å²) in [5.74, 6) is 1.34. The molecule has 0 atom stereocenters. The smallest absolute Gasteiger partial charge is 0.243 e. The molecule has 1 aromatic rings. The van der Waals surface area contributed by atoms with Gasteiger partial charge in [0.05, 0.1) is 6.54 Å². The van der Waals surface area contributed by atoms with E-state index in [2.05, 4.69) is 10.3 Å². The Morgan fingerprint density at radius 2 is 2.00 bits per heavy atom. The average Bonchev–Trinajstić information content (AvgIpc) is 2.63. The van der Waals surface area contributed by atoms with Gasteiger partial charge in [-0.25, -0.2) is 4.99 Å². The van der Waals surface area contributed by atoms with E-state index in [0.717, 1.165) is 12.2 Å². The zero-order valence-corrected chi connectivity index (χ0v) is 20.2. The van der Waals surface area contributed by atoms with Gasteiger partial charge in [0.1, 0.15) is 18.9 Å². The molecular weight excluding hydrogens is 495 g/mol. The van der Waals surface area contributed by atoms with E-state index in [1.54, 1.807) is 26.2 Å². The van der Waals surface area contributed by atoms with Crippen LogP contribution in [0.25, 0.3) is 0 Å². The van der Waals surface area contributed by atoms with Gasteiger partial charge in [0.25, 0.3) is 0 Å². The van der Waals surface area contributed by atoms with E-state index in [9.17, 15) is 4.79 Å². The first-order chi connectivity index (χ1) is 12.9. The Kier molecular flexibility index (Phi) is 14.9. The number of rotatable bonds is 11. The predicted octanol–water partition coefficient (Wildman–Crippen LogP) is 2.73. The minimum Gasteiger partial charge on any atom is -0.492 e. The van der Waals surface area contributed by atoms with Crippen LogP contribution in [-0.4, -0.2) is 82.3 Å². The number of nitrogens with zero attached hydrogens (tertiary/aromatic N) is 3. The molecule has 0 saturated carbocycles. The molecule has 0 radical (unpaired) electrons. The van der Waals surface area contributed by atoms with Crippen molar-refractivity contribution < 1.29 is 14.3 Å². The first-order valence-electron chi connectivity index (χ1n) is 9.09. The minimum atomic E-state index is -0.0489. The molecule has 0 fully saturated rings. The number of guanidine groups is 1. The van der Waals surface area contributed by atoms with Crippen molar-refractivity contribution in [3.8, 4) is 5.75 Å². The van der Waals surface area contributed by atoms with Crippen LogP contribution in [0.3, 0.4) is 0 Å². The number of hydrogen-bond donors (Lipinski definition) is 1. The molecular formula is C19H32ClIN4O3. The Morgan fingerprint density at radius 1 is 1.25 bits per heavy atom. The van der Waals surface area contributed by atoms with Gasteiger partial charge in [-0.15, -0.1) is 24.0 Å². The number of carbonyl (C=O) groups is 1. The molecule has 9 heteroatoms. The Morgan fingerprint density at radius 3 is 2.64 bits per heavy atom. The summed E-state index contributed by atoms with van der Waals surface area (Å²) in [6, 6.07) is 7.29. The Balaban J connectivity index is 0.00000729. The number of likely N-dealkylation sites (N-methyl/N-ethyl adjacent to an activating group) is 2. The summed E-state index contributed by atoms with van der Waals surface area (Å²) >= 11 is 5.96. The van der Waals surface area contributed by atoms with Crippen LogP contribution >= 0.6 is 35.6 Å². The van der Waals surface area contributed by atoms with Gasteiger partial charge in [-0.3, -0.25) is 4.79 Å². The highest BCUT2D eigenvalue weighted by Gasteiger charge is 2.09. The SMILES string of the molecule is CCOCCCNC(=NCC(=O)N(C)C)N(C)CCOc1cccc(Cl)c1.I. The lowest BCUT2D eigenvalue weighted by molar-refractivity contribution is -0.127. The molecule has 1 amide bonds. The fraction of sp³-hybridized carbons (Fsp3) is 0.579. The van der Waals surface area contributed by atoms with E-state index in [1.807, 2.05) is 31.0 Å². The Hall–Kier alpha value is -1.26. The molecule has 0 spiro atoms. The molecule has 0 heterocycles. The van der Waals surface area contributed by atoms with E-state index in [0.29, 0.717) is 43.9 Å². The van der Waals surface area contributed by atoms with Crippen LogP contribution in [0, 0.1) is 0 Å². The number of benzene rings is 1. The summed E-state index contributed by atoms with van der Waals surface area (Å²) in [6.07, 6.45) is 0.862. The number of ether oxygens (including phenoxy) is 2. The lowest BCUT2D eigenvalue weighted by Crippen LogP contribution is -2.42. The van der Waals surface area contributed by atoms with Crippen LogP contribution in [-0.2, 0) is 9.53 Å². The van der Waals surface area contributed by atoms with Gasteiger partial charge < -0.3 is 24.6 Å². The van der Waals surface area contributed by atoms with Crippen molar-refractivity contribution in [2.45, 2.75) is 13.3 Å². The van der Waals surface area contributed by atoms with E-state index in [-0.39, 0.29) is 36.4 Å². The summed E-state index contributed by atoms with van der Waals surface area (Å²) in [4.78, 5) is 19.7. The second-order valence-electron chi connectivity index (χ2n) is 6.13. The van der Waals surface area contributed by atoms with Gasteiger partial charge in [-0.05, 0) is 31.5 Å². The molecule has 0 unspecified atom stereocenters. The third kappa shape index (κ3) is 11.6. The quantitative estimate of drug-likeness (QED) is 0.208. The van der Waals surface area contributed by atoms with Crippen molar-refractivity contribution in [1.29, 1.82) is 0 Å². The maximum absolute atomic E-state index is 11.8. The molecule has 0 aliphatic heterocycles. The van der Waals surface area contributed by atoms with Gasteiger partial charge in [0.15, 0.2) is 5.96 Å². The highest BCUT2D eigenvalue weighted by molar-refractivity contribution is 14.0. The summed E-state index contributed by atoms with van der Waals surface area (Å²) in [5, 5.41) is 3.92. The van der Waals surface area contributed by atoms with E-state index in [4.69, 9.17) is 21.1 Å². The van der Waals surface area contributed by atoms with E-state index in [1.165, 1.54) is 4.90 Å². The van der Waals surface area contributed by atoms with E-state index >= 15 is 0 Å². The number of nitrogens with one attached hydrogen (secondary N) is 1. The highest BCUT2D eigenvalue weighted by atomic mass is 127. The fourth-order valence-corrected chi connectivity index (χ4v) is 2.26. The zero-order chi connectivity index (χ0) is 20.1. The van der Waals surface area contributed by atoms with Crippen LogP contribution in [0.4, 0.5) is 0 Å². The third-order valence-corrected chi connectivity index (χ3v) is 3.90. The van der Waals surface area contributed by atoms with Crippen molar-refractivity contribution in [1.82, 2.24) is 15.1 Å². The summed E-state index contributed by atoms with van der Waals surface area (Å²) in [6.45, 7) is 5.27. The molecule has 0 saturated heterocycles. The van der Waals surface area contributed by atoms with Crippen LogP contribution in [0.5, 0.6) is 5.75 Å². The first kappa shape index (κ1) is 26.7. The molecule has 1 rings (SSSR count). The molecule has 0 aliphatic rings. The van der Waals surface area contributed by atoms with Crippen molar-refractivity contribution in [2.24, 2.45) is 4.99 Å². The normalized spacial score (nSPS) is 10.8. The number of aliphatic imine (C=N–C) groups is 1. The zero-order valence-electron chi connectivity index (χ0n) is 17.1. The van der Waals surface area contributed by atoms with E-state index < -0.39 is 0 Å². The average molecular weight is 527 g/mol. The van der Waals surface area contributed by atoms with Gasteiger partial charge >= 0.3 is 0 Å². The number of hydrogen-bond acceptors (Lipinski definition) is 4. The molecule has 28 heavy (non-hydrogen) atoms. The maximum Gasteiger partial charge on any atom is 0.243 e. The maximum atomic E-state index is 11.8. The number of amides is 1. The van der Waals surface area contributed by atoms with Crippen LogP contribution < -0.4 is 10.1 Å². The predicted molar refractivity (Wildman–Crippen MR) is 125 cm³/mol. The molecule has 0 aliphatic carbocycles. The van der Waals surface area contributed by atoms with Crippen molar-refractivity contribution in [2.75, 3.05) is 60.6 Å². The summed E-state index contributed by atoms with van der Waals surface area (Å²) in [5.41, 5.74) is 0. The Bertz CT molecular complexity index is 602. The van der Waals surface area contributed by atoms with Crippen molar-refractivity contribution in [3.05, 3.63) is 29.3 Å². The topological polar surface area (TPSA) is 66.4 Å².